The Balaban J connectivity index is 1.44. The number of hydrogen-bond acceptors (Lipinski definition) is 5. The summed E-state index contributed by atoms with van der Waals surface area (Å²) in [6, 6.07) is 8.64. The number of rotatable bonds is 5. The lowest BCUT2D eigenvalue weighted by Gasteiger charge is -2.38. The molecule has 3 heterocycles. The summed E-state index contributed by atoms with van der Waals surface area (Å²) in [5, 5.41) is 13.0. The average molecular weight is 500 g/mol. The predicted octanol–water partition coefficient (Wildman–Crippen LogP) is 4.85. The quantitative estimate of drug-likeness (QED) is 0.541. The summed E-state index contributed by atoms with van der Waals surface area (Å²) in [5.74, 6) is 1.28. The van der Waals surface area contributed by atoms with E-state index < -0.39 is 0 Å². The lowest BCUT2D eigenvalue weighted by Crippen LogP contribution is -2.44. The molecule has 0 radical (unpaired) electrons. The Bertz CT molecular complexity index is 1380. The van der Waals surface area contributed by atoms with Gasteiger partial charge in [-0.2, -0.15) is 5.26 Å². The minimum atomic E-state index is -0.332. The molecular formula is C29H33N5O3. The second-order valence-electron chi connectivity index (χ2n) is 10.4. The molecular weight excluding hydrogens is 466 g/mol. The number of amides is 2. The number of likely N-dealkylation sites (tertiary alicyclic amines) is 1. The maximum Gasteiger partial charge on any atom is 0.255 e. The topological polar surface area (TPSA) is 100 Å². The SMILES string of the molecule is COc1c(NC(=O)c2cccc(C#N)c2)cnc2c1c(C1CCN(C(=O)C3CCCC3)C[C@@H]1C)cn2C. The molecule has 8 heteroatoms. The molecule has 0 spiro atoms. The van der Waals surface area contributed by atoms with Gasteiger partial charge in [-0.1, -0.05) is 25.8 Å². The number of fused-ring (bicyclic) bond motifs is 1. The van der Waals surface area contributed by atoms with E-state index in [-0.39, 0.29) is 23.7 Å². The summed E-state index contributed by atoms with van der Waals surface area (Å²) in [7, 11) is 3.57. The van der Waals surface area contributed by atoms with Gasteiger partial charge < -0.3 is 19.5 Å². The van der Waals surface area contributed by atoms with Crippen molar-refractivity contribution in [3.05, 3.63) is 53.3 Å². The maximum atomic E-state index is 13.0. The zero-order valence-electron chi connectivity index (χ0n) is 21.7. The van der Waals surface area contributed by atoms with Crippen LogP contribution in [0.5, 0.6) is 5.75 Å². The third-order valence-electron chi connectivity index (χ3n) is 7.99. The van der Waals surface area contributed by atoms with E-state index in [9.17, 15) is 14.9 Å². The van der Waals surface area contributed by atoms with E-state index in [1.807, 2.05) is 11.6 Å². The van der Waals surface area contributed by atoms with Gasteiger partial charge in [0.05, 0.1) is 30.3 Å². The standard InChI is InChI=1S/C29H33N5O3/c1-18-16-34(29(36)20-8-4-5-9-20)12-11-22(18)23-17-33(2)27-25(23)26(37-3)24(15-31-27)32-28(35)21-10-6-7-19(13-21)14-30/h6-7,10,13,15,17-18,20,22H,4-5,8-9,11-12,16H2,1-3H3,(H,32,35)/t18-,22?/m0/s1. The number of hydrogen-bond donors (Lipinski definition) is 1. The van der Waals surface area contributed by atoms with Crippen molar-refractivity contribution in [2.45, 2.75) is 44.9 Å². The minimum Gasteiger partial charge on any atom is -0.494 e. The van der Waals surface area contributed by atoms with Crippen LogP contribution in [0.2, 0.25) is 0 Å². The number of carbonyl (C=O) groups is 2. The van der Waals surface area contributed by atoms with Crippen LogP contribution in [0.25, 0.3) is 11.0 Å². The van der Waals surface area contributed by atoms with E-state index in [0.717, 1.165) is 61.8 Å². The summed E-state index contributed by atoms with van der Waals surface area (Å²) in [6.07, 6.45) is 8.96. The van der Waals surface area contributed by atoms with E-state index in [1.54, 1.807) is 37.6 Å². The van der Waals surface area contributed by atoms with Crippen LogP contribution < -0.4 is 10.1 Å². The Labute approximate surface area is 217 Å². The fourth-order valence-corrected chi connectivity index (χ4v) is 6.09. The van der Waals surface area contributed by atoms with Crippen LogP contribution in [0.15, 0.2) is 36.7 Å². The number of carbonyl (C=O) groups excluding carboxylic acids is 2. The second-order valence-corrected chi connectivity index (χ2v) is 10.4. The molecule has 2 aliphatic rings. The van der Waals surface area contributed by atoms with Crippen molar-refractivity contribution in [2.24, 2.45) is 18.9 Å². The van der Waals surface area contributed by atoms with Crippen molar-refractivity contribution in [3.63, 3.8) is 0 Å². The van der Waals surface area contributed by atoms with Crippen LogP contribution >= 0.6 is 0 Å². The first-order chi connectivity index (χ1) is 17.9. The van der Waals surface area contributed by atoms with Crippen LogP contribution in [0.4, 0.5) is 5.69 Å². The molecule has 2 fully saturated rings. The third-order valence-corrected chi connectivity index (χ3v) is 7.99. The highest BCUT2D eigenvalue weighted by Crippen LogP contribution is 2.43. The maximum absolute atomic E-state index is 13.0. The second kappa shape index (κ2) is 10.3. The predicted molar refractivity (Wildman–Crippen MR) is 141 cm³/mol. The summed E-state index contributed by atoms with van der Waals surface area (Å²) >= 11 is 0. The van der Waals surface area contributed by atoms with Gasteiger partial charge >= 0.3 is 0 Å². The van der Waals surface area contributed by atoms with Crippen LogP contribution in [0, 0.1) is 23.2 Å². The van der Waals surface area contributed by atoms with Crippen molar-refractivity contribution in [2.75, 3.05) is 25.5 Å². The van der Waals surface area contributed by atoms with Crippen molar-refractivity contribution in [1.82, 2.24) is 14.5 Å². The molecule has 1 aliphatic carbocycles. The number of pyridine rings is 1. The molecule has 1 aliphatic heterocycles. The number of nitrogens with zero attached hydrogens (tertiary/aromatic N) is 4. The molecule has 1 N–H and O–H groups in total. The third kappa shape index (κ3) is 4.66. The van der Waals surface area contributed by atoms with Gasteiger partial charge in [0.1, 0.15) is 11.3 Å². The number of ether oxygens (including phenoxy) is 1. The highest BCUT2D eigenvalue weighted by molar-refractivity contribution is 6.07. The van der Waals surface area contributed by atoms with Gasteiger partial charge in [-0.15, -0.1) is 0 Å². The summed E-state index contributed by atoms with van der Waals surface area (Å²) in [4.78, 5) is 32.8. The zero-order valence-corrected chi connectivity index (χ0v) is 21.7. The molecule has 192 valence electrons. The van der Waals surface area contributed by atoms with Gasteiger partial charge in [-0.3, -0.25) is 9.59 Å². The smallest absolute Gasteiger partial charge is 0.255 e. The number of aryl methyl sites for hydroxylation is 1. The van der Waals surface area contributed by atoms with Crippen molar-refractivity contribution < 1.29 is 14.3 Å². The molecule has 37 heavy (non-hydrogen) atoms. The Morgan fingerprint density at radius 3 is 2.70 bits per heavy atom. The Morgan fingerprint density at radius 1 is 1.22 bits per heavy atom. The van der Waals surface area contributed by atoms with Gasteiger partial charge in [0.15, 0.2) is 5.75 Å². The normalized spacial score (nSPS) is 20.1. The monoisotopic (exact) mass is 499 g/mol. The number of anilines is 1. The number of benzene rings is 1. The minimum absolute atomic E-state index is 0.200. The molecule has 2 aromatic heterocycles. The van der Waals surface area contributed by atoms with Crippen LogP contribution in [-0.2, 0) is 11.8 Å². The Morgan fingerprint density at radius 2 is 2.00 bits per heavy atom. The molecule has 5 rings (SSSR count). The fourth-order valence-electron chi connectivity index (χ4n) is 6.09. The molecule has 0 bridgehead atoms. The highest BCUT2D eigenvalue weighted by Gasteiger charge is 2.35. The molecule has 2 amide bonds. The lowest BCUT2D eigenvalue weighted by molar-refractivity contribution is -0.137. The van der Waals surface area contributed by atoms with Crippen molar-refractivity contribution in [1.29, 1.82) is 5.26 Å². The number of nitrogens with one attached hydrogen (secondary N) is 1. The largest absolute Gasteiger partial charge is 0.494 e. The van der Waals surface area contributed by atoms with E-state index in [0.29, 0.717) is 28.5 Å². The molecule has 1 unspecified atom stereocenters. The van der Waals surface area contributed by atoms with E-state index >= 15 is 0 Å². The van der Waals surface area contributed by atoms with Crippen LogP contribution in [0.3, 0.4) is 0 Å². The number of aromatic nitrogens is 2. The van der Waals surface area contributed by atoms with Crippen LogP contribution in [-0.4, -0.2) is 46.5 Å². The number of piperidine rings is 1. The molecule has 8 nitrogen and oxygen atoms in total. The molecule has 1 saturated heterocycles. The first-order valence-electron chi connectivity index (χ1n) is 13.0. The highest BCUT2D eigenvalue weighted by atomic mass is 16.5. The molecule has 2 atom stereocenters. The van der Waals surface area contributed by atoms with Crippen LogP contribution in [0.1, 0.15) is 66.4 Å². The molecule has 3 aromatic rings. The van der Waals surface area contributed by atoms with Gasteiger partial charge in [0, 0.05) is 37.8 Å². The summed E-state index contributed by atoms with van der Waals surface area (Å²) < 4.78 is 7.86. The first kappa shape index (κ1) is 24.8. The van der Waals surface area contributed by atoms with E-state index in [2.05, 4.69) is 34.4 Å². The van der Waals surface area contributed by atoms with Crippen molar-refractivity contribution >= 4 is 28.5 Å². The molecule has 1 saturated carbocycles. The zero-order chi connectivity index (χ0) is 26.1. The van der Waals surface area contributed by atoms with E-state index in [4.69, 9.17) is 4.74 Å². The van der Waals surface area contributed by atoms with Gasteiger partial charge in [-0.25, -0.2) is 4.98 Å². The van der Waals surface area contributed by atoms with Crippen molar-refractivity contribution in [3.8, 4) is 11.8 Å². The van der Waals surface area contributed by atoms with Gasteiger partial charge in [0.2, 0.25) is 5.91 Å². The lowest BCUT2D eigenvalue weighted by atomic mass is 9.81. The van der Waals surface area contributed by atoms with Gasteiger partial charge in [0.25, 0.3) is 5.91 Å². The summed E-state index contributed by atoms with van der Waals surface area (Å²) in [5.41, 5.74) is 3.21. The summed E-state index contributed by atoms with van der Waals surface area (Å²) in [6.45, 7) is 3.71. The van der Waals surface area contributed by atoms with E-state index in [1.165, 1.54) is 0 Å². The number of methoxy groups -OCH3 is 1. The average Bonchev–Trinajstić information content (AvgIpc) is 3.57. The molecule has 1 aromatic carbocycles. The van der Waals surface area contributed by atoms with Gasteiger partial charge in [-0.05, 0) is 54.9 Å². The Kier molecular flexibility index (Phi) is 6.88. The first-order valence-corrected chi connectivity index (χ1v) is 13.0. The number of nitriles is 1. The fraction of sp³-hybridized carbons (Fsp3) is 0.448. The Hall–Kier alpha value is -3.86.